The van der Waals surface area contributed by atoms with Crippen molar-refractivity contribution in [2.75, 3.05) is 18.2 Å². The van der Waals surface area contributed by atoms with Crippen molar-refractivity contribution in [3.8, 4) is 5.88 Å². The highest BCUT2D eigenvalue weighted by atomic mass is 16.5. The van der Waals surface area contributed by atoms with Gasteiger partial charge in [-0.3, -0.25) is 0 Å². The minimum atomic E-state index is 0.427. The summed E-state index contributed by atoms with van der Waals surface area (Å²) < 4.78 is 5.12. The Kier molecular flexibility index (Phi) is 3.13. The van der Waals surface area contributed by atoms with Crippen LogP contribution in [0.25, 0.3) is 10.8 Å². The lowest BCUT2D eigenvalue weighted by atomic mass is 10.1. The Morgan fingerprint density at radius 2 is 1.80 bits per heavy atom. The lowest BCUT2D eigenvalue weighted by molar-refractivity contribution is 0.401. The number of rotatable bonds is 3. The fraction of sp³-hybridized carbons (Fsp3) is 0.0625. The number of benzene rings is 2. The van der Waals surface area contributed by atoms with Crippen molar-refractivity contribution in [1.82, 2.24) is 4.98 Å². The number of ether oxygens (including phenoxy) is 1. The first-order valence-electron chi connectivity index (χ1n) is 6.32. The highest BCUT2D eigenvalue weighted by Crippen LogP contribution is 2.24. The van der Waals surface area contributed by atoms with Gasteiger partial charge in [-0.05, 0) is 35.0 Å². The molecule has 3 rings (SSSR count). The van der Waals surface area contributed by atoms with Crippen LogP contribution in [0.3, 0.4) is 0 Å². The molecule has 3 aromatic rings. The van der Waals surface area contributed by atoms with E-state index in [0.717, 1.165) is 5.69 Å². The zero-order valence-electron chi connectivity index (χ0n) is 11.1. The van der Waals surface area contributed by atoms with Gasteiger partial charge in [0, 0.05) is 5.69 Å². The van der Waals surface area contributed by atoms with Gasteiger partial charge in [-0.1, -0.05) is 30.3 Å². The number of nitrogens with one attached hydrogen (secondary N) is 1. The molecule has 0 atom stereocenters. The predicted octanol–water partition coefficient (Wildman–Crippen LogP) is 3.57. The van der Waals surface area contributed by atoms with Crippen molar-refractivity contribution in [2.45, 2.75) is 0 Å². The average molecular weight is 265 g/mol. The van der Waals surface area contributed by atoms with Crippen LogP contribution in [0.1, 0.15) is 0 Å². The van der Waals surface area contributed by atoms with E-state index in [9.17, 15) is 0 Å². The summed E-state index contributed by atoms with van der Waals surface area (Å²) in [6.07, 6.45) is 0. The molecule has 0 fully saturated rings. The number of anilines is 3. The summed E-state index contributed by atoms with van der Waals surface area (Å²) in [6, 6.07) is 18.0. The third-order valence-corrected chi connectivity index (χ3v) is 3.10. The predicted molar refractivity (Wildman–Crippen MR) is 82.4 cm³/mol. The summed E-state index contributed by atoms with van der Waals surface area (Å²) in [7, 11) is 1.55. The van der Waals surface area contributed by atoms with Gasteiger partial charge in [0.1, 0.15) is 5.82 Å². The van der Waals surface area contributed by atoms with Crippen molar-refractivity contribution < 1.29 is 4.74 Å². The highest BCUT2D eigenvalue weighted by Gasteiger charge is 2.03. The Bertz CT molecular complexity index is 756. The van der Waals surface area contributed by atoms with Crippen molar-refractivity contribution >= 4 is 28.0 Å². The molecule has 0 amide bonds. The van der Waals surface area contributed by atoms with E-state index in [1.807, 2.05) is 24.3 Å². The quantitative estimate of drug-likeness (QED) is 0.760. The summed E-state index contributed by atoms with van der Waals surface area (Å²) in [5.41, 5.74) is 7.25. The number of nitrogens with zero attached hydrogens (tertiary/aromatic N) is 1. The van der Waals surface area contributed by atoms with Crippen LogP contribution in [0.5, 0.6) is 5.88 Å². The van der Waals surface area contributed by atoms with Crippen molar-refractivity contribution in [3.05, 3.63) is 54.6 Å². The fourth-order valence-electron chi connectivity index (χ4n) is 2.10. The van der Waals surface area contributed by atoms with Gasteiger partial charge in [0.2, 0.25) is 5.88 Å². The van der Waals surface area contributed by atoms with Crippen molar-refractivity contribution in [1.29, 1.82) is 0 Å². The molecule has 0 saturated carbocycles. The summed E-state index contributed by atoms with van der Waals surface area (Å²) in [5, 5.41) is 5.64. The largest absolute Gasteiger partial charge is 0.479 e. The van der Waals surface area contributed by atoms with Crippen molar-refractivity contribution in [2.24, 2.45) is 0 Å². The Labute approximate surface area is 117 Å². The summed E-state index contributed by atoms with van der Waals surface area (Å²) in [5.74, 6) is 1.13. The van der Waals surface area contributed by atoms with Gasteiger partial charge >= 0.3 is 0 Å². The first-order chi connectivity index (χ1) is 9.76. The third kappa shape index (κ3) is 2.36. The maximum Gasteiger partial charge on any atom is 0.238 e. The van der Waals surface area contributed by atoms with Crippen LogP contribution in [-0.2, 0) is 0 Å². The maximum absolute atomic E-state index is 5.75. The Morgan fingerprint density at radius 3 is 2.60 bits per heavy atom. The van der Waals surface area contributed by atoms with E-state index in [1.54, 1.807) is 13.2 Å². The molecule has 0 aliphatic rings. The Balaban J connectivity index is 1.92. The number of hydrogen-bond donors (Lipinski definition) is 2. The number of nitrogens with two attached hydrogens (primary N) is 1. The minimum absolute atomic E-state index is 0.427. The first kappa shape index (κ1) is 12.3. The fourth-order valence-corrected chi connectivity index (χ4v) is 2.10. The monoisotopic (exact) mass is 265 g/mol. The number of aromatic nitrogens is 1. The van der Waals surface area contributed by atoms with Gasteiger partial charge in [-0.25, -0.2) is 0 Å². The van der Waals surface area contributed by atoms with E-state index in [-0.39, 0.29) is 0 Å². The van der Waals surface area contributed by atoms with Gasteiger partial charge < -0.3 is 15.8 Å². The number of nitrogen functional groups attached to an aromatic ring is 1. The molecule has 1 heterocycles. The van der Waals surface area contributed by atoms with E-state index in [0.29, 0.717) is 17.4 Å². The van der Waals surface area contributed by atoms with Gasteiger partial charge in [-0.15, -0.1) is 0 Å². The molecule has 0 unspecified atom stereocenters. The number of fused-ring (bicyclic) bond motifs is 1. The van der Waals surface area contributed by atoms with Crippen LogP contribution in [0.15, 0.2) is 54.6 Å². The molecule has 0 bridgehead atoms. The molecule has 0 aliphatic heterocycles. The Morgan fingerprint density at radius 1 is 1.00 bits per heavy atom. The molecule has 100 valence electrons. The molecule has 0 spiro atoms. The minimum Gasteiger partial charge on any atom is -0.479 e. The van der Waals surface area contributed by atoms with Crippen LogP contribution in [-0.4, -0.2) is 12.1 Å². The average Bonchev–Trinajstić information content (AvgIpc) is 2.49. The SMILES string of the molecule is COc1nc(Nc2ccc3ccccc3c2)ccc1N. The van der Waals surface area contributed by atoms with Gasteiger partial charge in [0.25, 0.3) is 0 Å². The normalized spacial score (nSPS) is 10.4. The molecule has 1 aromatic heterocycles. The topological polar surface area (TPSA) is 60.2 Å². The van der Waals surface area contributed by atoms with Gasteiger partial charge in [-0.2, -0.15) is 4.98 Å². The van der Waals surface area contributed by atoms with Gasteiger partial charge in [0.15, 0.2) is 0 Å². The van der Waals surface area contributed by atoms with Crippen LogP contribution in [0, 0.1) is 0 Å². The standard InChI is InChI=1S/C16H15N3O/c1-20-16-14(17)8-9-15(19-16)18-13-7-6-11-4-2-3-5-12(11)10-13/h2-10H,17H2,1H3,(H,18,19). The molecule has 3 N–H and O–H groups in total. The summed E-state index contributed by atoms with van der Waals surface area (Å²) in [6.45, 7) is 0. The second-order valence-electron chi connectivity index (χ2n) is 4.48. The molecule has 2 aromatic carbocycles. The van der Waals surface area contributed by atoms with E-state index in [2.05, 4.69) is 34.6 Å². The maximum atomic E-state index is 5.75. The van der Waals surface area contributed by atoms with E-state index in [1.165, 1.54) is 10.8 Å². The van der Waals surface area contributed by atoms with Crippen LogP contribution in [0.4, 0.5) is 17.2 Å². The smallest absolute Gasteiger partial charge is 0.238 e. The number of pyridine rings is 1. The summed E-state index contributed by atoms with van der Waals surface area (Å²) >= 11 is 0. The second kappa shape index (κ2) is 5.09. The molecule has 0 aliphatic carbocycles. The van der Waals surface area contributed by atoms with Crippen LogP contribution in [0.2, 0.25) is 0 Å². The molecular weight excluding hydrogens is 250 g/mol. The van der Waals surface area contributed by atoms with Crippen molar-refractivity contribution in [3.63, 3.8) is 0 Å². The highest BCUT2D eigenvalue weighted by molar-refractivity contribution is 5.86. The lowest BCUT2D eigenvalue weighted by Gasteiger charge is -2.09. The number of methoxy groups -OCH3 is 1. The van der Waals surface area contributed by atoms with E-state index < -0.39 is 0 Å². The van der Waals surface area contributed by atoms with Crippen LogP contribution >= 0.6 is 0 Å². The second-order valence-corrected chi connectivity index (χ2v) is 4.48. The zero-order chi connectivity index (χ0) is 13.9. The lowest BCUT2D eigenvalue weighted by Crippen LogP contribution is -1.99. The van der Waals surface area contributed by atoms with Gasteiger partial charge in [0.05, 0.1) is 12.8 Å². The first-order valence-corrected chi connectivity index (χ1v) is 6.32. The van der Waals surface area contributed by atoms with E-state index >= 15 is 0 Å². The molecule has 4 nitrogen and oxygen atoms in total. The third-order valence-electron chi connectivity index (χ3n) is 3.10. The molecule has 20 heavy (non-hydrogen) atoms. The Hall–Kier alpha value is -2.75. The van der Waals surface area contributed by atoms with E-state index in [4.69, 9.17) is 10.5 Å². The molecule has 0 radical (unpaired) electrons. The number of hydrogen-bond acceptors (Lipinski definition) is 4. The van der Waals surface area contributed by atoms with Crippen LogP contribution < -0.4 is 15.8 Å². The summed E-state index contributed by atoms with van der Waals surface area (Å²) in [4.78, 5) is 4.31. The molecule has 4 heteroatoms. The zero-order valence-corrected chi connectivity index (χ0v) is 11.1. The molecule has 0 saturated heterocycles. The molecular formula is C16H15N3O.